The van der Waals surface area contributed by atoms with Gasteiger partial charge in [0.15, 0.2) is 17.9 Å². The molecule has 0 aliphatic carbocycles. The number of aromatic nitrogens is 1. The van der Waals surface area contributed by atoms with E-state index in [9.17, 15) is 0 Å². The summed E-state index contributed by atoms with van der Waals surface area (Å²) < 4.78 is 2.24. The molecule has 0 unspecified atom stereocenters. The zero-order valence-corrected chi connectivity index (χ0v) is 8.75. The first kappa shape index (κ1) is 10.0. The SMILES string of the molecule is CCC(C)(CC)[n+]1ccc(N)cc1. The molecule has 0 atom stereocenters. The summed E-state index contributed by atoms with van der Waals surface area (Å²) >= 11 is 0. The van der Waals surface area contributed by atoms with Gasteiger partial charge in [-0.15, -0.1) is 0 Å². The summed E-state index contributed by atoms with van der Waals surface area (Å²) in [5, 5.41) is 0. The van der Waals surface area contributed by atoms with Crippen molar-refractivity contribution >= 4 is 5.69 Å². The van der Waals surface area contributed by atoms with Crippen LogP contribution in [0.2, 0.25) is 0 Å². The van der Waals surface area contributed by atoms with E-state index in [1.54, 1.807) is 0 Å². The van der Waals surface area contributed by atoms with Crippen molar-refractivity contribution in [2.45, 2.75) is 39.2 Å². The van der Waals surface area contributed by atoms with Crippen LogP contribution in [0, 0.1) is 0 Å². The molecule has 0 amide bonds. The van der Waals surface area contributed by atoms with Gasteiger partial charge in [0.05, 0.1) is 0 Å². The normalized spacial score (nSPS) is 11.6. The fraction of sp³-hybridized carbons (Fsp3) is 0.545. The van der Waals surface area contributed by atoms with Gasteiger partial charge in [-0.1, -0.05) is 13.8 Å². The van der Waals surface area contributed by atoms with Crippen LogP contribution < -0.4 is 10.3 Å². The molecule has 2 heteroatoms. The standard InChI is InChI=1S/C11H18N2/c1-4-11(3,5-2)13-8-6-10(12)7-9-13/h6-9,12H,4-5H2,1-3H3/p+1. The number of nitrogens with two attached hydrogens (primary N) is 1. The first-order valence-corrected chi connectivity index (χ1v) is 4.89. The molecule has 0 bridgehead atoms. The lowest BCUT2D eigenvalue weighted by Gasteiger charge is -2.20. The van der Waals surface area contributed by atoms with E-state index in [1.165, 1.54) is 0 Å². The van der Waals surface area contributed by atoms with Crippen LogP contribution in [0.1, 0.15) is 33.6 Å². The molecular weight excluding hydrogens is 160 g/mol. The Bertz CT molecular complexity index is 260. The van der Waals surface area contributed by atoms with Crippen molar-refractivity contribution in [3.63, 3.8) is 0 Å². The predicted octanol–water partition coefficient (Wildman–Crippen LogP) is 2.09. The number of rotatable bonds is 3. The maximum absolute atomic E-state index is 5.64. The van der Waals surface area contributed by atoms with E-state index in [0.717, 1.165) is 18.5 Å². The number of hydrogen-bond acceptors (Lipinski definition) is 1. The molecule has 2 nitrogen and oxygen atoms in total. The van der Waals surface area contributed by atoms with E-state index < -0.39 is 0 Å². The third-order valence-corrected chi connectivity index (χ3v) is 3.00. The Morgan fingerprint density at radius 2 is 1.69 bits per heavy atom. The molecule has 0 fully saturated rings. The maximum Gasteiger partial charge on any atom is 0.171 e. The quantitative estimate of drug-likeness (QED) is 0.707. The van der Waals surface area contributed by atoms with Crippen LogP contribution >= 0.6 is 0 Å². The Morgan fingerprint density at radius 1 is 1.23 bits per heavy atom. The minimum Gasteiger partial charge on any atom is -0.398 e. The molecule has 0 spiro atoms. The number of hydrogen-bond donors (Lipinski definition) is 1. The van der Waals surface area contributed by atoms with Crippen LogP contribution in [0.25, 0.3) is 0 Å². The van der Waals surface area contributed by atoms with E-state index in [4.69, 9.17) is 5.73 Å². The highest BCUT2D eigenvalue weighted by molar-refractivity contribution is 5.32. The van der Waals surface area contributed by atoms with Gasteiger partial charge in [-0.05, 0) is 0 Å². The number of anilines is 1. The molecule has 2 N–H and O–H groups in total. The third-order valence-electron chi connectivity index (χ3n) is 3.00. The van der Waals surface area contributed by atoms with E-state index in [-0.39, 0.29) is 5.54 Å². The Hall–Kier alpha value is -1.05. The molecule has 0 aliphatic heterocycles. The zero-order valence-electron chi connectivity index (χ0n) is 8.75. The second-order valence-corrected chi connectivity index (χ2v) is 3.74. The number of nitrogen functional groups attached to an aromatic ring is 1. The topological polar surface area (TPSA) is 29.9 Å². The van der Waals surface area contributed by atoms with Crippen molar-refractivity contribution in [2.24, 2.45) is 0 Å². The van der Waals surface area contributed by atoms with Crippen LogP contribution in [0.3, 0.4) is 0 Å². The summed E-state index contributed by atoms with van der Waals surface area (Å²) in [6.07, 6.45) is 6.39. The van der Waals surface area contributed by atoms with Crippen LogP contribution in [-0.4, -0.2) is 0 Å². The minimum absolute atomic E-state index is 0.230. The molecule has 1 aromatic rings. The highest BCUT2D eigenvalue weighted by Crippen LogP contribution is 2.16. The monoisotopic (exact) mass is 179 g/mol. The molecule has 0 aromatic carbocycles. The summed E-state index contributed by atoms with van der Waals surface area (Å²) in [5.74, 6) is 0. The molecule has 0 saturated heterocycles. The molecule has 0 saturated carbocycles. The van der Waals surface area contributed by atoms with Gasteiger partial charge in [0.25, 0.3) is 0 Å². The molecule has 1 heterocycles. The summed E-state index contributed by atoms with van der Waals surface area (Å²) in [7, 11) is 0. The van der Waals surface area contributed by atoms with Gasteiger partial charge in [0, 0.05) is 37.6 Å². The van der Waals surface area contributed by atoms with Gasteiger partial charge in [0.2, 0.25) is 0 Å². The van der Waals surface area contributed by atoms with Gasteiger partial charge in [0.1, 0.15) is 0 Å². The van der Waals surface area contributed by atoms with E-state index >= 15 is 0 Å². The average molecular weight is 179 g/mol. The second kappa shape index (κ2) is 3.77. The summed E-state index contributed by atoms with van der Waals surface area (Å²) in [4.78, 5) is 0. The lowest BCUT2D eigenvalue weighted by molar-refractivity contribution is -0.762. The van der Waals surface area contributed by atoms with Crippen LogP contribution in [0.15, 0.2) is 24.5 Å². The lowest BCUT2D eigenvalue weighted by Crippen LogP contribution is -2.53. The molecule has 1 rings (SSSR count). The molecule has 1 aromatic heterocycles. The second-order valence-electron chi connectivity index (χ2n) is 3.74. The smallest absolute Gasteiger partial charge is 0.171 e. The van der Waals surface area contributed by atoms with Crippen LogP contribution in [0.4, 0.5) is 5.69 Å². The number of nitrogens with zero attached hydrogens (tertiary/aromatic N) is 1. The molecule has 0 radical (unpaired) electrons. The fourth-order valence-electron chi connectivity index (χ4n) is 1.41. The largest absolute Gasteiger partial charge is 0.398 e. The van der Waals surface area contributed by atoms with Crippen molar-refractivity contribution in [3.05, 3.63) is 24.5 Å². The highest BCUT2D eigenvalue weighted by atomic mass is 15.0. The fourth-order valence-corrected chi connectivity index (χ4v) is 1.41. The Kier molecular flexibility index (Phi) is 2.91. The first-order chi connectivity index (χ1) is 6.12. The van der Waals surface area contributed by atoms with Crippen molar-refractivity contribution in [1.29, 1.82) is 0 Å². The molecule has 72 valence electrons. The molecular formula is C11H19N2+. The predicted molar refractivity (Wildman–Crippen MR) is 55.3 cm³/mol. The van der Waals surface area contributed by atoms with Crippen LogP contribution in [-0.2, 0) is 5.54 Å². The highest BCUT2D eigenvalue weighted by Gasteiger charge is 2.29. The lowest BCUT2D eigenvalue weighted by atomic mass is 9.95. The van der Waals surface area contributed by atoms with Gasteiger partial charge in [-0.3, -0.25) is 0 Å². The first-order valence-electron chi connectivity index (χ1n) is 4.89. The Balaban J connectivity index is 2.99. The van der Waals surface area contributed by atoms with E-state index in [1.807, 2.05) is 12.1 Å². The van der Waals surface area contributed by atoms with E-state index in [2.05, 4.69) is 37.7 Å². The van der Waals surface area contributed by atoms with Gasteiger partial charge >= 0.3 is 0 Å². The van der Waals surface area contributed by atoms with Gasteiger partial charge < -0.3 is 5.73 Å². The molecule has 0 aliphatic rings. The van der Waals surface area contributed by atoms with Crippen molar-refractivity contribution in [3.8, 4) is 0 Å². The third kappa shape index (κ3) is 2.00. The zero-order chi connectivity index (χ0) is 9.90. The van der Waals surface area contributed by atoms with Gasteiger partial charge in [-0.25, -0.2) is 0 Å². The van der Waals surface area contributed by atoms with E-state index in [0.29, 0.717) is 0 Å². The summed E-state index contributed by atoms with van der Waals surface area (Å²) in [6.45, 7) is 6.70. The minimum atomic E-state index is 0.230. The van der Waals surface area contributed by atoms with Crippen molar-refractivity contribution in [2.75, 3.05) is 5.73 Å². The summed E-state index contributed by atoms with van der Waals surface area (Å²) in [5.41, 5.74) is 6.69. The van der Waals surface area contributed by atoms with Crippen LogP contribution in [0.5, 0.6) is 0 Å². The van der Waals surface area contributed by atoms with Crippen molar-refractivity contribution < 1.29 is 4.57 Å². The van der Waals surface area contributed by atoms with Gasteiger partial charge in [-0.2, -0.15) is 4.57 Å². The average Bonchev–Trinajstić information content (AvgIpc) is 2.18. The number of pyridine rings is 1. The Labute approximate surface area is 80.4 Å². The van der Waals surface area contributed by atoms with Crippen molar-refractivity contribution in [1.82, 2.24) is 0 Å². The summed E-state index contributed by atoms with van der Waals surface area (Å²) in [6, 6.07) is 3.90. The maximum atomic E-state index is 5.64. The molecule has 13 heavy (non-hydrogen) atoms. The Morgan fingerprint density at radius 3 is 2.08 bits per heavy atom.